The summed E-state index contributed by atoms with van der Waals surface area (Å²) in [5.74, 6) is 0.657. The van der Waals surface area contributed by atoms with Crippen LogP contribution in [-0.4, -0.2) is 5.11 Å². The van der Waals surface area contributed by atoms with Gasteiger partial charge in [-0.05, 0) is 43.7 Å². The van der Waals surface area contributed by atoms with Gasteiger partial charge in [0, 0.05) is 0 Å². The number of benzene rings is 1. The van der Waals surface area contributed by atoms with Gasteiger partial charge in [-0.25, -0.2) is 0 Å². The molecule has 0 spiro atoms. The average Bonchev–Trinajstić information content (AvgIpc) is 2.18. The van der Waals surface area contributed by atoms with Gasteiger partial charge in [0.15, 0.2) is 0 Å². The van der Waals surface area contributed by atoms with E-state index in [9.17, 15) is 5.11 Å². The van der Waals surface area contributed by atoms with Crippen molar-refractivity contribution in [1.82, 2.24) is 0 Å². The van der Waals surface area contributed by atoms with Crippen molar-refractivity contribution < 1.29 is 5.11 Å². The SMILES string of the molecule is Cc1ccc(C)c(C(O)CCC(C)C)c1. The van der Waals surface area contributed by atoms with Crippen LogP contribution >= 0.6 is 0 Å². The smallest absolute Gasteiger partial charge is 0.0792 e. The minimum absolute atomic E-state index is 0.299. The fourth-order valence-electron chi connectivity index (χ4n) is 1.77. The summed E-state index contributed by atoms with van der Waals surface area (Å²) in [5.41, 5.74) is 3.51. The van der Waals surface area contributed by atoms with Gasteiger partial charge in [0.2, 0.25) is 0 Å². The molecule has 0 fully saturated rings. The summed E-state index contributed by atoms with van der Waals surface area (Å²) < 4.78 is 0. The predicted molar refractivity (Wildman–Crippen MR) is 64.9 cm³/mol. The van der Waals surface area contributed by atoms with Crippen molar-refractivity contribution in [3.63, 3.8) is 0 Å². The summed E-state index contributed by atoms with van der Waals surface area (Å²) in [5, 5.41) is 10.1. The molecule has 1 heteroatoms. The monoisotopic (exact) mass is 206 g/mol. The lowest BCUT2D eigenvalue weighted by atomic mass is 9.95. The third kappa shape index (κ3) is 3.67. The molecule has 84 valence electrons. The first-order valence-corrected chi connectivity index (χ1v) is 5.76. The van der Waals surface area contributed by atoms with E-state index in [0.717, 1.165) is 18.4 Å². The van der Waals surface area contributed by atoms with Crippen LogP contribution in [0, 0.1) is 19.8 Å². The highest BCUT2D eigenvalue weighted by Crippen LogP contribution is 2.24. The Balaban J connectivity index is 2.72. The molecule has 0 aliphatic carbocycles. The molecule has 0 radical (unpaired) electrons. The summed E-state index contributed by atoms with van der Waals surface area (Å²) in [7, 11) is 0. The van der Waals surface area contributed by atoms with Gasteiger partial charge in [-0.15, -0.1) is 0 Å². The van der Waals surface area contributed by atoms with Crippen LogP contribution in [0.4, 0.5) is 0 Å². The molecule has 1 aromatic carbocycles. The van der Waals surface area contributed by atoms with Gasteiger partial charge < -0.3 is 5.11 Å². The van der Waals surface area contributed by atoms with Crippen LogP contribution in [0.3, 0.4) is 0 Å². The van der Waals surface area contributed by atoms with Crippen molar-refractivity contribution in [3.05, 3.63) is 34.9 Å². The van der Waals surface area contributed by atoms with E-state index in [4.69, 9.17) is 0 Å². The maximum absolute atomic E-state index is 10.1. The van der Waals surface area contributed by atoms with Gasteiger partial charge in [-0.3, -0.25) is 0 Å². The maximum atomic E-state index is 10.1. The largest absolute Gasteiger partial charge is 0.388 e. The maximum Gasteiger partial charge on any atom is 0.0792 e. The lowest BCUT2D eigenvalue weighted by molar-refractivity contribution is 0.158. The Hall–Kier alpha value is -0.820. The summed E-state index contributed by atoms with van der Waals surface area (Å²) in [6, 6.07) is 6.28. The Morgan fingerprint density at radius 3 is 2.40 bits per heavy atom. The first kappa shape index (κ1) is 12.3. The van der Waals surface area contributed by atoms with Crippen LogP contribution in [0.15, 0.2) is 18.2 Å². The van der Waals surface area contributed by atoms with E-state index in [1.54, 1.807) is 0 Å². The molecule has 1 N–H and O–H groups in total. The molecule has 0 amide bonds. The van der Waals surface area contributed by atoms with Crippen molar-refractivity contribution in [3.8, 4) is 0 Å². The molecule has 0 aromatic heterocycles. The molecule has 1 rings (SSSR count). The molecule has 1 unspecified atom stereocenters. The summed E-state index contributed by atoms with van der Waals surface area (Å²) in [6.07, 6.45) is 1.64. The summed E-state index contributed by atoms with van der Waals surface area (Å²) in [6.45, 7) is 8.51. The van der Waals surface area contributed by atoms with Gasteiger partial charge in [-0.2, -0.15) is 0 Å². The molecule has 0 saturated heterocycles. The lowest BCUT2D eigenvalue weighted by Gasteiger charge is -2.15. The fourth-order valence-corrected chi connectivity index (χ4v) is 1.77. The van der Waals surface area contributed by atoms with Gasteiger partial charge in [0.1, 0.15) is 0 Å². The van der Waals surface area contributed by atoms with E-state index in [0.29, 0.717) is 5.92 Å². The summed E-state index contributed by atoms with van der Waals surface area (Å²) >= 11 is 0. The van der Waals surface area contributed by atoms with Crippen LogP contribution in [0.1, 0.15) is 49.5 Å². The van der Waals surface area contributed by atoms with Crippen molar-refractivity contribution in [1.29, 1.82) is 0 Å². The zero-order valence-electron chi connectivity index (χ0n) is 10.2. The van der Waals surface area contributed by atoms with Crippen LogP contribution in [0.5, 0.6) is 0 Å². The number of aliphatic hydroxyl groups is 1. The van der Waals surface area contributed by atoms with Gasteiger partial charge in [-0.1, -0.05) is 37.6 Å². The lowest BCUT2D eigenvalue weighted by Crippen LogP contribution is -2.02. The number of aryl methyl sites for hydroxylation is 2. The van der Waals surface area contributed by atoms with Crippen molar-refractivity contribution in [2.24, 2.45) is 5.92 Å². The molecule has 0 bridgehead atoms. The van der Waals surface area contributed by atoms with Crippen LogP contribution in [-0.2, 0) is 0 Å². The molecule has 15 heavy (non-hydrogen) atoms. The molecule has 1 aromatic rings. The first-order chi connectivity index (χ1) is 7.00. The second-order valence-electron chi connectivity index (χ2n) is 4.85. The number of aliphatic hydroxyl groups excluding tert-OH is 1. The number of rotatable bonds is 4. The van der Waals surface area contributed by atoms with Crippen LogP contribution < -0.4 is 0 Å². The van der Waals surface area contributed by atoms with E-state index in [1.807, 2.05) is 0 Å². The van der Waals surface area contributed by atoms with E-state index in [1.165, 1.54) is 11.1 Å². The molecule has 1 atom stereocenters. The zero-order valence-corrected chi connectivity index (χ0v) is 10.2. The molecular weight excluding hydrogens is 184 g/mol. The van der Waals surface area contributed by atoms with Crippen LogP contribution in [0.2, 0.25) is 0 Å². The number of hydrogen-bond acceptors (Lipinski definition) is 1. The first-order valence-electron chi connectivity index (χ1n) is 5.76. The highest BCUT2D eigenvalue weighted by molar-refractivity contribution is 5.32. The number of hydrogen-bond donors (Lipinski definition) is 1. The Labute approximate surface area is 93.1 Å². The fraction of sp³-hybridized carbons (Fsp3) is 0.571. The van der Waals surface area contributed by atoms with E-state index in [2.05, 4.69) is 45.9 Å². The Morgan fingerprint density at radius 1 is 1.13 bits per heavy atom. The van der Waals surface area contributed by atoms with Gasteiger partial charge in [0.05, 0.1) is 6.10 Å². The topological polar surface area (TPSA) is 20.2 Å². The molecular formula is C14H22O. The highest BCUT2D eigenvalue weighted by Gasteiger charge is 2.10. The van der Waals surface area contributed by atoms with Crippen molar-refractivity contribution in [2.75, 3.05) is 0 Å². The van der Waals surface area contributed by atoms with E-state index in [-0.39, 0.29) is 6.10 Å². The average molecular weight is 206 g/mol. The minimum Gasteiger partial charge on any atom is -0.388 e. The van der Waals surface area contributed by atoms with E-state index < -0.39 is 0 Å². The highest BCUT2D eigenvalue weighted by atomic mass is 16.3. The van der Waals surface area contributed by atoms with Crippen molar-refractivity contribution in [2.45, 2.75) is 46.6 Å². The Morgan fingerprint density at radius 2 is 1.80 bits per heavy atom. The van der Waals surface area contributed by atoms with Crippen LogP contribution in [0.25, 0.3) is 0 Å². The Kier molecular flexibility index (Phi) is 4.34. The third-order valence-electron chi connectivity index (χ3n) is 2.81. The van der Waals surface area contributed by atoms with Gasteiger partial charge >= 0.3 is 0 Å². The zero-order chi connectivity index (χ0) is 11.4. The quantitative estimate of drug-likeness (QED) is 0.795. The van der Waals surface area contributed by atoms with Crippen molar-refractivity contribution >= 4 is 0 Å². The summed E-state index contributed by atoms with van der Waals surface area (Å²) in [4.78, 5) is 0. The predicted octanol–water partition coefficient (Wildman–Crippen LogP) is 3.77. The standard InChI is InChI=1S/C14H22O/c1-10(2)5-8-14(15)13-9-11(3)6-7-12(13)4/h6-7,9-10,14-15H,5,8H2,1-4H3. The molecule has 0 aliphatic heterocycles. The second kappa shape index (κ2) is 5.32. The molecule has 0 saturated carbocycles. The molecule has 1 nitrogen and oxygen atoms in total. The van der Waals surface area contributed by atoms with E-state index >= 15 is 0 Å². The Bertz CT molecular complexity index is 315. The molecule has 0 aliphatic rings. The molecule has 0 heterocycles. The third-order valence-corrected chi connectivity index (χ3v) is 2.81. The normalized spacial score (nSPS) is 13.2. The van der Waals surface area contributed by atoms with Gasteiger partial charge in [0.25, 0.3) is 0 Å². The minimum atomic E-state index is -0.299. The second-order valence-corrected chi connectivity index (χ2v) is 4.85.